The van der Waals surface area contributed by atoms with E-state index < -0.39 is 10.0 Å². The highest BCUT2D eigenvalue weighted by Crippen LogP contribution is 2.23. The van der Waals surface area contributed by atoms with Gasteiger partial charge in [-0.1, -0.05) is 6.42 Å². The highest BCUT2D eigenvalue weighted by atomic mass is 32.2. The number of rotatable bonds is 4. The lowest BCUT2D eigenvalue weighted by molar-refractivity contribution is 0.0734. The summed E-state index contributed by atoms with van der Waals surface area (Å²) >= 11 is 0. The van der Waals surface area contributed by atoms with E-state index in [4.69, 9.17) is 0 Å². The first-order chi connectivity index (χ1) is 11.4. The molecule has 0 spiro atoms. The third-order valence-corrected chi connectivity index (χ3v) is 6.92. The minimum Gasteiger partial charge on any atom is -0.345 e. The van der Waals surface area contributed by atoms with Gasteiger partial charge in [0.15, 0.2) is 0 Å². The van der Waals surface area contributed by atoms with Crippen molar-refractivity contribution >= 4 is 15.9 Å². The maximum atomic E-state index is 12.8. The maximum absolute atomic E-state index is 12.8. The molecule has 2 saturated heterocycles. The molecule has 24 heavy (non-hydrogen) atoms. The first kappa shape index (κ1) is 17.4. The molecule has 2 aliphatic rings. The van der Waals surface area contributed by atoms with Gasteiger partial charge in [0.25, 0.3) is 5.91 Å². The predicted octanol–water partition coefficient (Wildman–Crippen LogP) is 0.634. The zero-order valence-corrected chi connectivity index (χ0v) is 15.2. The van der Waals surface area contributed by atoms with Gasteiger partial charge in [0.05, 0.1) is 0 Å². The molecule has 0 aromatic carbocycles. The molecule has 0 aliphatic carbocycles. The van der Waals surface area contributed by atoms with Crippen molar-refractivity contribution in [1.29, 1.82) is 0 Å². The summed E-state index contributed by atoms with van der Waals surface area (Å²) in [4.78, 5) is 14.7. The number of aromatic nitrogens is 1. The van der Waals surface area contributed by atoms with E-state index in [-0.39, 0.29) is 16.8 Å². The topological polar surface area (TPSA) is 74.7 Å². The molecule has 1 N–H and O–H groups in total. The van der Waals surface area contributed by atoms with Crippen molar-refractivity contribution in [2.45, 2.75) is 36.6 Å². The Morgan fingerprint density at radius 2 is 2.00 bits per heavy atom. The normalized spacial score (nSPS) is 22.7. The second-order valence-corrected chi connectivity index (χ2v) is 8.64. The first-order valence-corrected chi connectivity index (χ1v) is 9.99. The van der Waals surface area contributed by atoms with Crippen LogP contribution < -0.4 is 5.32 Å². The second-order valence-electron chi connectivity index (χ2n) is 6.70. The van der Waals surface area contributed by atoms with E-state index in [1.54, 1.807) is 29.8 Å². The summed E-state index contributed by atoms with van der Waals surface area (Å²) in [7, 11) is -0.00360. The lowest BCUT2D eigenvalue weighted by Gasteiger charge is -2.25. The number of carbonyl (C=O) groups is 1. The summed E-state index contributed by atoms with van der Waals surface area (Å²) in [5, 5.41) is 3.24. The summed E-state index contributed by atoms with van der Waals surface area (Å²) in [6.07, 6.45) is 5.35. The van der Waals surface area contributed by atoms with E-state index >= 15 is 0 Å². The standard InChI is InChI=1S/C16H26N4O3S/c1-18-12-14(24(22,23)20-8-4-3-5-9-20)10-15(18)16(21)19(2)13-6-7-17-11-13/h10,12-13,17H,3-9,11H2,1-2H3. The molecule has 1 unspecified atom stereocenters. The Bertz CT molecular complexity index is 701. The van der Waals surface area contributed by atoms with Crippen LogP contribution in [0.5, 0.6) is 0 Å². The molecule has 0 radical (unpaired) electrons. The highest BCUT2D eigenvalue weighted by molar-refractivity contribution is 7.89. The Morgan fingerprint density at radius 1 is 1.29 bits per heavy atom. The van der Waals surface area contributed by atoms with Gasteiger partial charge in [-0.05, 0) is 31.9 Å². The highest BCUT2D eigenvalue weighted by Gasteiger charge is 2.30. The molecule has 8 heteroatoms. The number of aryl methyl sites for hydroxylation is 1. The molecule has 0 bridgehead atoms. The number of nitrogens with one attached hydrogen (secondary N) is 1. The van der Waals surface area contributed by atoms with Crippen LogP contribution in [0.1, 0.15) is 36.2 Å². The van der Waals surface area contributed by atoms with Crippen molar-refractivity contribution in [1.82, 2.24) is 19.1 Å². The summed E-state index contributed by atoms with van der Waals surface area (Å²) in [6, 6.07) is 1.68. The van der Waals surface area contributed by atoms with Crippen LogP contribution in [0, 0.1) is 0 Å². The van der Waals surface area contributed by atoms with E-state index in [2.05, 4.69) is 5.32 Å². The van der Waals surface area contributed by atoms with Crippen LogP contribution in [0.15, 0.2) is 17.2 Å². The van der Waals surface area contributed by atoms with Gasteiger partial charge in [-0.2, -0.15) is 4.31 Å². The van der Waals surface area contributed by atoms with Gasteiger partial charge in [0, 0.05) is 46.0 Å². The van der Waals surface area contributed by atoms with Gasteiger partial charge in [-0.3, -0.25) is 4.79 Å². The van der Waals surface area contributed by atoms with E-state index in [1.807, 2.05) is 0 Å². The largest absolute Gasteiger partial charge is 0.345 e. The molecule has 1 amide bonds. The maximum Gasteiger partial charge on any atom is 0.270 e. The Balaban J connectivity index is 1.82. The fourth-order valence-corrected chi connectivity index (χ4v) is 5.05. The van der Waals surface area contributed by atoms with Gasteiger partial charge in [-0.15, -0.1) is 0 Å². The number of amides is 1. The zero-order chi connectivity index (χ0) is 17.3. The zero-order valence-electron chi connectivity index (χ0n) is 14.4. The van der Waals surface area contributed by atoms with Crippen molar-refractivity contribution in [2.24, 2.45) is 7.05 Å². The van der Waals surface area contributed by atoms with Gasteiger partial charge >= 0.3 is 0 Å². The molecule has 3 heterocycles. The van der Waals surface area contributed by atoms with Crippen LogP contribution in [-0.4, -0.2) is 67.4 Å². The van der Waals surface area contributed by atoms with Gasteiger partial charge in [0.1, 0.15) is 10.6 Å². The molecule has 2 fully saturated rings. The molecule has 3 rings (SSSR count). The van der Waals surface area contributed by atoms with E-state index in [1.165, 1.54) is 10.4 Å². The molecule has 1 aromatic heterocycles. The number of hydrogen-bond acceptors (Lipinski definition) is 4. The quantitative estimate of drug-likeness (QED) is 0.861. The monoisotopic (exact) mass is 354 g/mol. The number of likely N-dealkylation sites (N-methyl/N-ethyl adjacent to an activating group) is 1. The van der Waals surface area contributed by atoms with E-state index in [9.17, 15) is 13.2 Å². The number of nitrogens with zero attached hydrogens (tertiary/aromatic N) is 3. The lowest BCUT2D eigenvalue weighted by atomic mass is 10.2. The van der Waals surface area contributed by atoms with Crippen molar-refractivity contribution in [2.75, 3.05) is 33.2 Å². The molecule has 7 nitrogen and oxygen atoms in total. The summed E-state index contributed by atoms with van der Waals surface area (Å²) in [5.41, 5.74) is 0.417. The molecule has 2 aliphatic heterocycles. The Morgan fingerprint density at radius 3 is 2.62 bits per heavy atom. The minimum absolute atomic E-state index is 0.133. The molecule has 134 valence electrons. The van der Waals surface area contributed by atoms with Crippen LogP contribution >= 0.6 is 0 Å². The van der Waals surface area contributed by atoms with Gasteiger partial charge in [-0.25, -0.2) is 8.42 Å². The Hall–Kier alpha value is -1.38. The van der Waals surface area contributed by atoms with Crippen LogP contribution in [0.3, 0.4) is 0 Å². The van der Waals surface area contributed by atoms with Crippen molar-refractivity contribution in [3.05, 3.63) is 18.0 Å². The average Bonchev–Trinajstić information content (AvgIpc) is 3.24. The minimum atomic E-state index is -3.51. The van der Waals surface area contributed by atoms with Gasteiger partial charge < -0.3 is 14.8 Å². The lowest BCUT2D eigenvalue weighted by Crippen LogP contribution is -2.39. The van der Waals surface area contributed by atoms with Gasteiger partial charge in [0.2, 0.25) is 10.0 Å². The molecular weight excluding hydrogens is 328 g/mol. The number of piperidine rings is 1. The Labute approximate surface area is 143 Å². The van der Waals surface area contributed by atoms with Crippen LogP contribution in [0.25, 0.3) is 0 Å². The number of hydrogen-bond donors (Lipinski definition) is 1. The SMILES string of the molecule is CN(C(=O)c1cc(S(=O)(=O)N2CCCCC2)cn1C)C1CCNC1. The molecular formula is C16H26N4O3S. The van der Waals surface area contributed by atoms with E-state index in [0.717, 1.165) is 38.8 Å². The first-order valence-electron chi connectivity index (χ1n) is 8.55. The van der Waals surface area contributed by atoms with Crippen molar-refractivity contribution < 1.29 is 13.2 Å². The van der Waals surface area contributed by atoms with Crippen LogP contribution in [0.2, 0.25) is 0 Å². The fraction of sp³-hybridized carbons (Fsp3) is 0.688. The summed E-state index contributed by atoms with van der Waals surface area (Å²) in [6.45, 7) is 2.82. The fourth-order valence-electron chi connectivity index (χ4n) is 3.46. The van der Waals surface area contributed by atoms with Crippen molar-refractivity contribution in [3.8, 4) is 0 Å². The predicted molar refractivity (Wildman–Crippen MR) is 91.4 cm³/mol. The van der Waals surface area contributed by atoms with Crippen LogP contribution in [0.4, 0.5) is 0 Å². The summed E-state index contributed by atoms with van der Waals surface area (Å²) < 4.78 is 28.7. The smallest absolute Gasteiger partial charge is 0.270 e. The number of sulfonamides is 1. The average molecular weight is 354 g/mol. The number of carbonyl (C=O) groups excluding carboxylic acids is 1. The molecule has 0 saturated carbocycles. The van der Waals surface area contributed by atoms with Crippen molar-refractivity contribution in [3.63, 3.8) is 0 Å². The third kappa shape index (κ3) is 3.22. The summed E-state index contributed by atoms with van der Waals surface area (Å²) in [5.74, 6) is -0.133. The molecule has 1 atom stereocenters. The van der Waals surface area contributed by atoms with Crippen LogP contribution in [-0.2, 0) is 17.1 Å². The third-order valence-electron chi connectivity index (χ3n) is 5.05. The second kappa shape index (κ2) is 6.85. The van der Waals surface area contributed by atoms with E-state index in [0.29, 0.717) is 18.8 Å². The Kier molecular flexibility index (Phi) is 4.98. The molecule has 1 aromatic rings.